The average Bonchev–Trinajstić information content (AvgIpc) is 2.24. The van der Waals surface area contributed by atoms with Crippen molar-refractivity contribution in [2.75, 3.05) is 18.6 Å². The summed E-state index contributed by atoms with van der Waals surface area (Å²) in [5.41, 5.74) is 2.30. The first-order chi connectivity index (χ1) is 8.60. The van der Waals surface area contributed by atoms with Crippen molar-refractivity contribution in [3.63, 3.8) is 0 Å². The Labute approximate surface area is 117 Å². The predicted octanol–water partition coefficient (Wildman–Crippen LogP) is 2.50. The minimum absolute atomic E-state index is 0.110. The molecule has 1 atom stereocenters. The topological polar surface area (TPSA) is 46.2 Å². The number of benzene rings is 1. The maximum absolute atomic E-state index is 11.3. The van der Waals surface area contributed by atoms with Gasteiger partial charge in [0, 0.05) is 11.8 Å². The van der Waals surface area contributed by atoms with Crippen molar-refractivity contribution >= 4 is 9.84 Å². The molecule has 4 heteroatoms. The molecule has 0 unspecified atom stereocenters. The smallest absolute Gasteiger partial charge is 0.147 e. The number of hydrogen-bond acceptors (Lipinski definition) is 3. The Morgan fingerprint density at radius 1 is 1.32 bits per heavy atom. The molecule has 0 spiro atoms. The summed E-state index contributed by atoms with van der Waals surface area (Å²) in [6, 6.07) is 8.38. The van der Waals surface area contributed by atoms with Crippen LogP contribution in [0.25, 0.3) is 0 Å². The van der Waals surface area contributed by atoms with Gasteiger partial charge in [0.2, 0.25) is 0 Å². The summed E-state index contributed by atoms with van der Waals surface area (Å²) in [4.78, 5) is 0. The van der Waals surface area contributed by atoms with Crippen LogP contribution in [0.3, 0.4) is 0 Å². The van der Waals surface area contributed by atoms with E-state index in [1.807, 2.05) is 13.0 Å². The van der Waals surface area contributed by atoms with Gasteiger partial charge in [0.05, 0.1) is 5.75 Å². The predicted molar refractivity (Wildman–Crippen MR) is 81.1 cm³/mol. The summed E-state index contributed by atoms with van der Waals surface area (Å²) in [5.74, 6) is 0.336. The third kappa shape index (κ3) is 5.74. The molecule has 1 rings (SSSR count). The highest BCUT2D eigenvalue weighted by Crippen LogP contribution is 2.21. The summed E-state index contributed by atoms with van der Waals surface area (Å²) in [5, 5.41) is 3.46. The van der Waals surface area contributed by atoms with Gasteiger partial charge < -0.3 is 5.32 Å². The molecule has 0 saturated carbocycles. The van der Waals surface area contributed by atoms with Gasteiger partial charge in [-0.05, 0) is 38.8 Å². The number of nitrogens with one attached hydrogen (secondary N) is 1. The molecule has 0 saturated heterocycles. The molecule has 1 aromatic rings. The van der Waals surface area contributed by atoms with Gasteiger partial charge in [-0.15, -0.1) is 0 Å². The molecule has 108 valence electrons. The van der Waals surface area contributed by atoms with E-state index in [0.29, 0.717) is 6.54 Å². The quantitative estimate of drug-likeness (QED) is 0.872. The van der Waals surface area contributed by atoms with E-state index in [2.05, 4.69) is 44.3 Å². The van der Waals surface area contributed by atoms with Crippen LogP contribution in [-0.4, -0.2) is 27.0 Å². The minimum atomic E-state index is -2.90. The van der Waals surface area contributed by atoms with Crippen LogP contribution in [0.15, 0.2) is 24.3 Å². The van der Waals surface area contributed by atoms with Crippen molar-refractivity contribution in [3.8, 4) is 0 Å². The van der Waals surface area contributed by atoms with Crippen LogP contribution < -0.4 is 5.32 Å². The molecule has 0 bridgehead atoms. The fourth-order valence-corrected chi connectivity index (χ4v) is 3.29. The Kier molecular flexibility index (Phi) is 5.16. The van der Waals surface area contributed by atoms with E-state index in [-0.39, 0.29) is 17.2 Å². The first-order valence-corrected chi connectivity index (χ1v) is 8.66. The van der Waals surface area contributed by atoms with Crippen molar-refractivity contribution in [2.24, 2.45) is 5.92 Å². The Balaban J connectivity index is 2.65. The average molecular weight is 283 g/mol. The fraction of sp³-hybridized carbons (Fsp3) is 0.600. The lowest BCUT2D eigenvalue weighted by Gasteiger charge is -2.29. The van der Waals surface area contributed by atoms with Crippen LogP contribution in [0, 0.1) is 12.8 Å². The SMILES string of the molecule is Cc1cccc(C(C)(C)NC[C@H](C)CS(C)(=O)=O)c1. The molecule has 0 amide bonds. The van der Waals surface area contributed by atoms with Crippen LogP contribution in [-0.2, 0) is 15.4 Å². The molecule has 0 aliphatic carbocycles. The van der Waals surface area contributed by atoms with Gasteiger partial charge in [0.15, 0.2) is 0 Å². The standard InChI is InChI=1S/C15H25NO2S/c1-12-7-6-8-14(9-12)15(3,4)16-10-13(2)11-19(5,17)18/h6-9,13,16H,10-11H2,1-5H3/t13-/m0/s1. The van der Waals surface area contributed by atoms with E-state index in [1.54, 1.807) is 0 Å². The van der Waals surface area contributed by atoms with Crippen molar-refractivity contribution in [3.05, 3.63) is 35.4 Å². The van der Waals surface area contributed by atoms with Crippen molar-refractivity contribution in [1.29, 1.82) is 0 Å². The molecule has 0 aliphatic rings. The van der Waals surface area contributed by atoms with E-state index in [0.717, 1.165) is 0 Å². The molecular formula is C15H25NO2S. The second-order valence-corrected chi connectivity index (χ2v) is 8.26. The summed E-state index contributed by atoms with van der Waals surface area (Å²) < 4.78 is 22.5. The highest BCUT2D eigenvalue weighted by atomic mass is 32.2. The Hall–Kier alpha value is -0.870. The van der Waals surface area contributed by atoms with Crippen molar-refractivity contribution in [2.45, 2.75) is 33.2 Å². The third-order valence-electron chi connectivity index (χ3n) is 3.22. The van der Waals surface area contributed by atoms with Crippen LogP contribution in [0.5, 0.6) is 0 Å². The molecule has 0 aromatic heterocycles. The van der Waals surface area contributed by atoms with Crippen molar-refractivity contribution < 1.29 is 8.42 Å². The summed E-state index contributed by atoms with van der Waals surface area (Å²) in [7, 11) is -2.90. The van der Waals surface area contributed by atoms with Gasteiger partial charge in [-0.25, -0.2) is 8.42 Å². The van der Waals surface area contributed by atoms with Crippen LogP contribution in [0.4, 0.5) is 0 Å². The molecule has 1 N–H and O–H groups in total. The Morgan fingerprint density at radius 3 is 2.47 bits per heavy atom. The highest BCUT2D eigenvalue weighted by molar-refractivity contribution is 7.90. The molecule has 0 fully saturated rings. The lowest BCUT2D eigenvalue weighted by molar-refractivity contribution is 0.374. The zero-order valence-electron chi connectivity index (χ0n) is 12.5. The van der Waals surface area contributed by atoms with Crippen molar-refractivity contribution in [1.82, 2.24) is 5.32 Å². The third-order valence-corrected chi connectivity index (χ3v) is 4.39. The molecule has 19 heavy (non-hydrogen) atoms. The minimum Gasteiger partial charge on any atom is -0.308 e. The maximum Gasteiger partial charge on any atom is 0.147 e. The lowest BCUT2D eigenvalue weighted by atomic mass is 9.92. The monoisotopic (exact) mass is 283 g/mol. The van der Waals surface area contributed by atoms with E-state index < -0.39 is 9.84 Å². The first kappa shape index (κ1) is 16.2. The van der Waals surface area contributed by atoms with Gasteiger partial charge >= 0.3 is 0 Å². The molecular weight excluding hydrogens is 258 g/mol. The summed E-state index contributed by atoms with van der Waals surface area (Å²) in [6.07, 6.45) is 1.29. The number of sulfone groups is 1. The second-order valence-electron chi connectivity index (χ2n) is 6.07. The van der Waals surface area contributed by atoms with Crippen LogP contribution in [0.2, 0.25) is 0 Å². The van der Waals surface area contributed by atoms with E-state index >= 15 is 0 Å². The van der Waals surface area contributed by atoms with Gasteiger partial charge in [-0.3, -0.25) is 0 Å². The zero-order chi connectivity index (χ0) is 14.7. The first-order valence-electron chi connectivity index (χ1n) is 6.60. The van der Waals surface area contributed by atoms with E-state index in [1.165, 1.54) is 17.4 Å². The van der Waals surface area contributed by atoms with Gasteiger partial charge in [0.25, 0.3) is 0 Å². The Morgan fingerprint density at radius 2 is 1.95 bits per heavy atom. The highest BCUT2D eigenvalue weighted by Gasteiger charge is 2.21. The van der Waals surface area contributed by atoms with Gasteiger partial charge in [0.1, 0.15) is 9.84 Å². The largest absolute Gasteiger partial charge is 0.308 e. The molecule has 3 nitrogen and oxygen atoms in total. The molecule has 0 radical (unpaired) electrons. The van der Waals surface area contributed by atoms with E-state index in [4.69, 9.17) is 0 Å². The van der Waals surface area contributed by atoms with E-state index in [9.17, 15) is 8.42 Å². The second kappa shape index (κ2) is 6.06. The van der Waals surface area contributed by atoms with Crippen LogP contribution >= 0.6 is 0 Å². The molecule has 0 heterocycles. The Bertz CT molecular complexity index is 521. The number of aryl methyl sites for hydroxylation is 1. The fourth-order valence-electron chi connectivity index (χ4n) is 2.14. The summed E-state index contributed by atoms with van der Waals surface area (Å²) in [6.45, 7) is 8.96. The van der Waals surface area contributed by atoms with Gasteiger partial charge in [-0.1, -0.05) is 36.8 Å². The van der Waals surface area contributed by atoms with Gasteiger partial charge in [-0.2, -0.15) is 0 Å². The number of hydrogen-bond donors (Lipinski definition) is 1. The molecule has 0 aliphatic heterocycles. The maximum atomic E-state index is 11.3. The zero-order valence-corrected chi connectivity index (χ0v) is 13.3. The lowest BCUT2D eigenvalue weighted by Crippen LogP contribution is -2.40. The summed E-state index contributed by atoms with van der Waals surface area (Å²) >= 11 is 0. The normalized spacial score (nSPS) is 14.4. The molecule has 1 aromatic carbocycles. The van der Waals surface area contributed by atoms with Crippen LogP contribution in [0.1, 0.15) is 31.9 Å². The number of rotatable bonds is 6.